The molecule has 102 valence electrons. The second kappa shape index (κ2) is 6.06. The molecule has 2 aromatic carbocycles. The molecule has 1 N–H and O–H groups in total. The first-order chi connectivity index (χ1) is 9.83. The Morgan fingerprint density at radius 1 is 1.05 bits per heavy atom. The van der Waals surface area contributed by atoms with Crippen LogP contribution in [0.25, 0.3) is 10.2 Å². The van der Waals surface area contributed by atoms with E-state index in [4.69, 9.17) is 0 Å². The summed E-state index contributed by atoms with van der Waals surface area (Å²) in [6.45, 7) is 3.23. The number of nitrogens with one attached hydrogen (secondary N) is 1. The van der Waals surface area contributed by atoms with Gasteiger partial charge in [0.2, 0.25) is 0 Å². The van der Waals surface area contributed by atoms with Crippen molar-refractivity contribution in [2.75, 3.05) is 11.9 Å². The zero-order chi connectivity index (χ0) is 13.8. The topological polar surface area (TPSA) is 24.9 Å². The first-order valence-corrected chi connectivity index (χ1v) is 7.79. The summed E-state index contributed by atoms with van der Waals surface area (Å²) in [6, 6.07) is 18.9. The van der Waals surface area contributed by atoms with E-state index in [0.717, 1.165) is 23.6 Å². The first kappa shape index (κ1) is 13.1. The van der Waals surface area contributed by atoms with Crippen molar-refractivity contribution in [3.63, 3.8) is 0 Å². The van der Waals surface area contributed by atoms with Gasteiger partial charge in [0, 0.05) is 6.54 Å². The van der Waals surface area contributed by atoms with Crippen LogP contribution in [0.1, 0.15) is 24.8 Å². The third kappa shape index (κ3) is 2.99. The fourth-order valence-corrected chi connectivity index (χ4v) is 3.18. The molecule has 0 aliphatic carbocycles. The fraction of sp³-hybridized carbons (Fsp3) is 0.235. The van der Waals surface area contributed by atoms with E-state index in [9.17, 15) is 0 Å². The van der Waals surface area contributed by atoms with Gasteiger partial charge in [-0.25, -0.2) is 4.98 Å². The molecule has 2 nitrogen and oxygen atoms in total. The predicted molar refractivity (Wildman–Crippen MR) is 87.6 cm³/mol. The Kier molecular flexibility index (Phi) is 3.97. The molecule has 20 heavy (non-hydrogen) atoms. The van der Waals surface area contributed by atoms with Crippen LogP contribution in [0.2, 0.25) is 0 Å². The highest BCUT2D eigenvalue weighted by Gasteiger charge is 2.06. The van der Waals surface area contributed by atoms with Crippen LogP contribution in [0.15, 0.2) is 54.6 Å². The zero-order valence-electron chi connectivity index (χ0n) is 11.5. The Morgan fingerprint density at radius 3 is 2.60 bits per heavy atom. The molecule has 3 heteroatoms. The Morgan fingerprint density at radius 2 is 1.80 bits per heavy atom. The van der Waals surface area contributed by atoms with Crippen LogP contribution >= 0.6 is 11.3 Å². The second-order valence-corrected chi connectivity index (χ2v) is 6.04. The van der Waals surface area contributed by atoms with Gasteiger partial charge in [-0.1, -0.05) is 60.7 Å². The molecule has 0 aliphatic rings. The third-order valence-corrected chi connectivity index (χ3v) is 4.51. The Balaban J connectivity index is 1.57. The van der Waals surface area contributed by atoms with Gasteiger partial charge in [-0.05, 0) is 30.0 Å². The summed E-state index contributed by atoms with van der Waals surface area (Å²) >= 11 is 1.72. The number of para-hydroxylation sites is 1. The Bertz CT molecular complexity index is 643. The van der Waals surface area contributed by atoms with E-state index in [-0.39, 0.29) is 0 Å². The Labute approximate surface area is 123 Å². The number of anilines is 1. The normalized spacial score (nSPS) is 12.4. The maximum Gasteiger partial charge on any atom is 0.183 e. The molecule has 0 saturated heterocycles. The number of rotatable bonds is 5. The summed E-state index contributed by atoms with van der Waals surface area (Å²) in [6.07, 6.45) is 1.11. The lowest BCUT2D eigenvalue weighted by atomic mass is 9.98. The van der Waals surface area contributed by atoms with Gasteiger partial charge in [0.15, 0.2) is 5.13 Å². The van der Waals surface area contributed by atoms with Gasteiger partial charge in [-0.3, -0.25) is 0 Å². The van der Waals surface area contributed by atoms with Crippen LogP contribution in [0.3, 0.4) is 0 Å². The minimum atomic E-state index is 0.568. The van der Waals surface area contributed by atoms with E-state index in [1.165, 1.54) is 10.3 Å². The summed E-state index contributed by atoms with van der Waals surface area (Å²) in [4.78, 5) is 4.59. The van der Waals surface area contributed by atoms with Crippen LogP contribution in [0.5, 0.6) is 0 Å². The van der Waals surface area contributed by atoms with Crippen molar-refractivity contribution in [3.05, 3.63) is 60.2 Å². The molecule has 0 aliphatic heterocycles. The molecule has 0 fully saturated rings. The minimum absolute atomic E-state index is 0.568. The molecule has 1 atom stereocenters. The molecule has 0 amide bonds. The van der Waals surface area contributed by atoms with Crippen molar-refractivity contribution in [3.8, 4) is 0 Å². The van der Waals surface area contributed by atoms with Gasteiger partial charge in [0.05, 0.1) is 10.2 Å². The van der Waals surface area contributed by atoms with Crippen LogP contribution in [-0.4, -0.2) is 11.5 Å². The largest absolute Gasteiger partial charge is 0.361 e. The van der Waals surface area contributed by atoms with Crippen LogP contribution < -0.4 is 5.32 Å². The van der Waals surface area contributed by atoms with Gasteiger partial charge in [-0.15, -0.1) is 0 Å². The summed E-state index contributed by atoms with van der Waals surface area (Å²) in [5.41, 5.74) is 2.48. The van der Waals surface area contributed by atoms with Crippen LogP contribution in [0.4, 0.5) is 5.13 Å². The van der Waals surface area contributed by atoms with Crippen molar-refractivity contribution in [2.45, 2.75) is 19.3 Å². The second-order valence-electron chi connectivity index (χ2n) is 5.01. The van der Waals surface area contributed by atoms with E-state index in [0.29, 0.717) is 5.92 Å². The van der Waals surface area contributed by atoms with Gasteiger partial charge in [0.1, 0.15) is 0 Å². The number of fused-ring (bicyclic) bond motifs is 1. The maximum atomic E-state index is 4.59. The lowest BCUT2D eigenvalue weighted by Crippen LogP contribution is -2.05. The summed E-state index contributed by atoms with van der Waals surface area (Å²) in [5.74, 6) is 0.568. The highest BCUT2D eigenvalue weighted by molar-refractivity contribution is 7.22. The van der Waals surface area contributed by atoms with Crippen molar-refractivity contribution >= 4 is 26.7 Å². The molecular formula is C17H18N2S. The lowest BCUT2D eigenvalue weighted by molar-refractivity contribution is 0.706. The molecule has 3 aromatic rings. The number of nitrogens with zero attached hydrogens (tertiary/aromatic N) is 1. The molecule has 0 spiro atoms. The summed E-state index contributed by atoms with van der Waals surface area (Å²) in [5, 5.41) is 4.46. The third-order valence-electron chi connectivity index (χ3n) is 3.52. The molecule has 1 aromatic heterocycles. The average molecular weight is 282 g/mol. The number of thiazole rings is 1. The van der Waals surface area contributed by atoms with Gasteiger partial charge < -0.3 is 5.32 Å². The number of hydrogen-bond acceptors (Lipinski definition) is 3. The van der Waals surface area contributed by atoms with Gasteiger partial charge in [-0.2, -0.15) is 0 Å². The molecule has 1 unspecified atom stereocenters. The standard InChI is InChI=1S/C17H18N2S/c1-13(14-7-3-2-4-8-14)11-12-18-17-19-15-9-5-6-10-16(15)20-17/h2-10,13H,11-12H2,1H3,(H,18,19). The number of aromatic nitrogens is 1. The molecular weight excluding hydrogens is 264 g/mol. The van der Waals surface area contributed by atoms with E-state index in [2.05, 4.69) is 65.8 Å². The molecule has 3 rings (SSSR count). The van der Waals surface area contributed by atoms with E-state index in [1.807, 2.05) is 6.07 Å². The fourth-order valence-electron chi connectivity index (χ4n) is 2.29. The van der Waals surface area contributed by atoms with Crippen molar-refractivity contribution in [1.82, 2.24) is 4.98 Å². The van der Waals surface area contributed by atoms with Gasteiger partial charge >= 0.3 is 0 Å². The van der Waals surface area contributed by atoms with E-state index in [1.54, 1.807) is 11.3 Å². The number of hydrogen-bond donors (Lipinski definition) is 1. The van der Waals surface area contributed by atoms with Crippen LogP contribution in [0, 0.1) is 0 Å². The predicted octanol–water partition coefficient (Wildman–Crippen LogP) is 4.90. The van der Waals surface area contributed by atoms with Crippen molar-refractivity contribution in [2.24, 2.45) is 0 Å². The van der Waals surface area contributed by atoms with Gasteiger partial charge in [0.25, 0.3) is 0 Å². The van der Waals surface area contributed by atoms with Crippen molar-refractivity contribution < 1.29 is 0 Å². The van der Waals surface area contributed by atoms with E-state index >= 15 is 0 Å². The van der Waals surface area contributed by atoms with E-state index < -0.39 is 0 Å². The zero-order valence-corrected chi connectivity index (χ0v) is 12.4. The smallest absolute Gasteiger partial charge is 0.183 e. The molecule has 1 heterocycles. The summed E-state index contributed by atoms with van der Waals surface area (Å²) in [7, 11) is 0. The van der Waals surface area contributed by atoms with Crippen molar-refractivity contribution in [1.29, 1.82) is 0 Å². The monoisotopic (exact) mass is 282 g/mol. The number of benzene rings is 2. The van der Waals surface area contributed by atoms with Crippen LogP contribution in [-0.2, 0) is 0 Å². The quantitative estimate of drug-likeness (QED) is 0.719. The maximum absolute atomic E-state index is 4.59. The molecule has 0 radical (unpaired) electrons. The lowest BCUT2D eigenvalue weighted by Gasteiger charge is -2.11. The minimum Gasteiger partial charge on any atom is -0.361 e. The molecule has 0 bridgehead atoms. The SMILES string of the molecule is CC(CCNc1nc2ccccc2s1)c1ccccc1. The summed E-state index contributed by atoms with van der Waals surface area (Å²) < 4.78 is 1.24. The average Bonchev–Trinajstić information content (AvgIpc) is 2.90. The molecule has 0 saturated carbocycles. The Hall–Kier alpha value is -1.87. The highest BCUT2D eigenvalue weighted by atomic mass is 32.1. The first-order valence-electron chi connectivity index (χ1n) is 6.97. The highest BCUT2D eigenvalue weighted by Crippen LogP contribution is 2.26.